The molecule has 0 heterocycles. The van der Waals surface area contributed by atoms with Crippen LogP contribution in [0.5, 0.6) is 0 Å². The number of carbonyl (C=O) groups excluding carboxylic acids is 4. The molecule has 0 saturated carbocycles. The number of methoxy groups -OCH3 is 1. The van der Waals surface area contributed by atoms with Crippen molar-refractivity contribution in [3.05, 3.63) is 0 Å². The summed E-state index contributed by atoms with van der Waals surface area (Å²) < 4.78 is 91.2. The Morgan fingerprint density at radius 3 is 1.22 bits per heavy atom. The molecule has 0 aromatic heterocycles. The van der Waals surface area contributed by atoms with Gasteiger partial charge in [-0.3, -0.25) is 19.2 Å². The summed E-state index contributed by atoms with van der Waals surface area (Å²) in [5.41, 5.74) is -1.32. The molecule has 0 aromatic rings. The molecule has 0 fully saturated rings. The third-order valence-electron chi connectivity index (χ3n) is 11.7. The van der Waals surface area contributed by atoms with Crippen LogP contribution in [0.1, 0.15) is 294 Å². The SMILES string of the molecule is C.C.C.C.C.C.C.C.CC(COCCO)OCCO.CCC(C)(C)C(=O)OC.CCC(C)C(=O)NC(C)(C)CS(=O)(=O)[O-].CCC(C)CS(=O)(=O)[O-].CCC(C)O.CCC(C)OC(C)=O.CCCCCCCCCCCCOCCO.CCOC(=O)C(C)CC.[Na+].[Na+]. The monoisotopic (exact) mass is 1410 g/mol. The minimum atomic E-state index is -4.32. The summed E-state index contributed by atoms with van der Waals surface area (Å²) in [5.74, 6) is -1.60. The molecule has 0 radical (unpaired) electrons. The molecular weight excluding hydrogens is 1250 g/mol. The zero-order valence-corrected chi connectivity index (χ0v) is 62.8. The van der Waals surface area contributed by atoms with Crippen LogP contribution in [0.15, 0.2) is 0 Å². The molecule has 21 nitrogen and oxygen atoms in total. The van der Waals surface area contributed by atoms with E-state index < -0.39 is 31.5 Å². The van der Waals surface area contributed by atoms with Gasteiger partial charge in [-0.1, -0.05) is 193 Å². The average molecular weight is 1410 g/mol. The Labute approximate surface area is 616 Å². The van der Waals surface area contributed by atoms with E-state index in [2.05, 4.69) is 17.0 Å². The Morgan fingerprint density at radius 1 is 0.543 bits per heavy atom. The predicted octanol–water partition coefficient (Wildman–Crippen LogP) is 8.77. The molecule has 0 rings (SSSR count). The van der Waals surface area contributed by atoms with Crippen LogP contribution in [0, 0.1) is 23.2 Å². The number of rotatable bonds is 36. The van der Waals surface area contributed by atoms with Crippen LogP contribution >= 0.6 is 0 Å². The van der Waals surface area contributed by atoms with E-state index in [-0.39, 0.29) is 209 Å². The van der Waals surface area contributed by atoms with Gasteiger partial charge >= 0.3 is 77.0 Å². The summed E-state index contributed by atoms with van der Waals surface area (Å²) >= 11 is 0. The van der Waals surface area contributed by atoms with Gasteiger partial charge in [0, 0.05) is 30.7 Å². The minimum absolute atomic E-state index is 0. The number of esters is 3. The molecule has 1 amide bonds. The second kappa shape index (κ2) is 94.6. The molecule has 0 aliphatic rings. The maximum atomic E-state index is 11.5. The van der Waals surface area contributed by atoms with Gasteiger partial charge < -0.3 is 63.3 Å². The number of hydrogen-bond donors (Lipinski definition) is 5. The third kappa shape index (κ3) is 130. The second-order valence-corrected chi connectivity index (χ2v) is 24.1. The fourth-order valence-electron chi connectivity index (χ4n) is 5.30. The standard InChI is InChI=1S/C14H30O2.C9H19NO4S.C7H16O4.2C7H14O2.C6H12O2.C5H12O3S.C4H10O.8CH4.2Na/c1-2-3-4-5-6-7-8-9-10-11-13-16-14-12-15;1-5-7(2)8(11)10-9(3,4)6-15(12,13)14;1-7(11-5-3-9)6-10-4-2-8;1-5-7(2,3)6(8)9-4;1-4-6(3)7(8)9-5-2;1-4-5(2)8-6(3)7;1-3-5(2)4-9(6,7)8;1-3-4(2)5;;;;;;;;;;/h15H,2-14H2,1H3;7H,5-6H2,1-4H3,(H,10,11)(H,12,13,14);7-9H,2-6H2,1H3;5H2,1-4H3;6H,4-5H2,1-3H3;5H,4H2,1-3H3;5H,3-4H2,1-2H3,(H,6,7,8);4-5H,3H2,1-2H3;8*1H4;;/q;;;;;;;;;;;;;;;;2*+1/p-2. The van der Waals surface area contributed by atoms with E-state index in [1.807, 2.05) is 83.1 Å². The van der Waals surface area contributed by atoms with E-state index in [1.54, 1.807) is 20.8 Å². The molecule has 6 atom stereocenters. The van der Waals surface area contributed by atoms with E-state index in [0.717, 1.165) is 45.1 Å². The minimum Gasteiger partial charge on any atom is -0.748 e. The van der Waals surface area contributed by atoms with Crippen molar-refractivity contribution in [2.75, 3.05) is 78.1 Å². The van der Waals surface area contributed by atoms with Gasteiger partial charge in [0.2, 0.25) is 5.91 Å². The van der Waals surface area contributed by atoms with Crippen LogP contribution < -0.4 is 64.4 Å². The Bertz CT molecular complexity index is 1640. The van der Waals surface area contributed by atoms with E-state index in [0.29, 0.717) is 39.5 Å². The van der Waals surface area contributed by atoms with Crippen LogP contribution in [0.3, 0.4) is 0 Å². The number of aliphatic hydroxyl groups is 4. The van der Waals surface area contributed by atoms with Crippen LogP contribution in [-0.4, -0.2) is 172 Å². The van der Waals surface area contributed by atoms with Gasteiger partial charge in [0.05, 0.1) is 116 Å². The van der Waals surface area contributed by atoms with E-state index >= 15 is 0 Å². The van der Waals surface area contributed by atoms with Crippen molar-refractivity contribution >= 4 is 44.1 Å². The Morgan fingerprint density at radius 2 is 0.946 bits per heavy atom. The van der Waals surface area contributed by atoms with Crippen molar-refractivity contribution in [3.63, 3.8) is 0 Å². The van der Waals surface area contributed by atoms with Gasteiger partial charge in [-0.2, -0.15) is 0 Å². The van der Waals surface area contributed by atoms with Crippen molar-refractivity contribution in [3.8, 4) is 0 Å². The number of amides is 1. The zero-order valence-electron chi connectivity index (χ0n) is 57.2. The normalized spacial score (nSPS) is 11.7. The quantitative estimate of drug-likeness (QED) is 0.0129. The van der Waals surface area contributed by atoms with E-state index in [4.69, 9.17) is 44.1 Å². The first-order chi connectivity index (χ1) is 37.9. The van der Waals surface area contributed by atoms with Gasteiger partial charge in [0.25, 0.3) is 0 Å². The maximum absolute atomic E-state index is 11.5. The summed E-state index contributed by atoms with van der Waals surface area (Å²) in [6.07, 6.45) is 18.3. The summed E-state index contributed by atoms with van der Waals surface area (Å²) in [4.78, 5) is 43.3. The molecule has 6 unspecified atom stereocenters. The van der Waals surface area contributed by atoms with Crippen molar-refractivity contribution in [2.45, 2.75) is 318 Å². The summed E-state index contributed by atoms with van der Waals surface area (Å²) in [6, 6.07) is 0. The third-order valence-corrected chi connectivity index (χ3v) is 13.7. The molecule has 0 bridgehead atoms. The molecule has 0 saturated heterocycles. The molecule has 0 spiro atoms. The van der Waals surface area contributed by atoms with Crippen LogP contribution in [0.2, 0.25) is 0 Å². The van der Waals surface area contributed by atoms with Crippen molar-refractivity contribution < 1.29 is 153 Å². The van der Waals surface area contributed by atoms with Crippen molar-refractivity contribution in [2.24, 2.45) is 23.2 Å². The van der Waals surface area contributed by atoms with Gasteiger partial charge in [0.15, 0.2) is 0 Å². The van der Waals surface area contributed by atoms with Gasteiger partial charge in [-0.25, -0.2) is 16.8 Å². The molecule has 92 heavy (non-hydrogen) atoms. The molecule has 564 valence electrons. The van der Waals surface area contributed by atoms with Crippen LogP contribution in [0.25, 0.3) is 0 Å². The molecule has 0 aliphatic carbocycles. The molecule has 0 aromatic carbocycles. The molecule has 5 N–H and O–H groups in total. The number of aliphatic hydroxyl groups excluding tert-OH is 4. The number of ether oxygens (including phenoxy) is 6. The smallest absolute Gasteiger partial charge is 0.748 e. The average Bonchev–Trinajstić information content (AvgIpc) is 3.39. The van der Waals surface area contributed by atoms with E-state index in [9.17, 15) is 45.1 Å². The Kier molecular flexibility index (Phi) is 143. The Balaban J connectivity index is -0.0000000426. The van der Waals surface area contributed by atoms with Crippen LogP contribution in [0.4, 0.5) is 0 Å². The molecule has 25 heteroatoms. The second-order valence-electron chi connectivity index (χ2n) is 21.2. The van der Waals surface area contributed by atoms with Crippen molar-refractivity contribution in [1.82, 2.24) is 5.32 Å². The largest absolute Gasteiger partial charge is 1.00 e. The fraction of sp³-hybridized carbons (Fsp3) is 0.940. The summed E-state index contributed by atoms with van der Waals surface area (Å²) in [7, 11) is -6.89. The first kappa shape index (κ1) is 139. The number of nitrogens with one attached hydrogen (secondary N) is 1. The van der Waals surface area contributed by atoms with Crippen LogP contribution in [-0.2, 0) is 67.8 Å². The zero-order chi connectivity index (χ0) is 65.8. The number of carbonyl (C=O) groups is 4. The number of hydrogen-bond acceptors (Lipinski definition) is 20. The summed E-state index contributed by atoms with van der Waals surface area (Å²) in [6.45, 7) is 37.9. The Hall–Kier alpha value is -0.580. The maximum Gasteiger partial charge on any atom is 1.00 e. The topological polar surface area (TPSA) is 331 Å². The first-order valence-corrected chi connectivity index (χ1v) is 33.0. The van der Waals surface area contributed by atoms with E-state index in [1.165, 1.54) is 85.7 Å². The molecule has 0 aliphatic heterocycles. The van der Waals surface area contributed by atoms with Crippen molar-refractivity contribution in [1.29, 1.82) is 0 Å². The first-order valence-electron chi connectivity index (χ1n) is 29.8. The van der Waals surface area contributed by atoms with Gasteiger partial charge in [-0.05, 0) is 99.8 Å². The van der Waals surface area contributed by atoms with Gasteiger partial charge in [0.1, 0.15) is 0 Å². The predicted molar refractivity (Wildman–Crippen MR) is 380 cm³/mol. The number of unbranched alkanes of at least 4 members (excludes halogenated alkanes) is 9. The summed E-state index contributed by atoms with van der Waals surface area (Å²) in [5, 5.41) is 36.1. The van der Waals surface area contributed by atoms with Gasteiger partial charge in [-0.15, -0.1) is 0 Å². The molecular formula is C67H157NNa2O20S2. The fourth-order valence-corrected chi connectivity index (χ4v) is 7.19.